The van der Waals surface area contributed by atoms with E-state index in [1.54, 1.807) is 42.5 Å². The van der Waals surface area contributed by atoms with Crippen molar-refractivity contribution in [1.29, 1.82) is 0 Å². The van der Waals surface area contributed by atoms with Crippen molar-refractivity contribution < 1.29 is 34.5 Å². The standard InChI is InChI=1S/C24H30N4O7/c1-14(26-22(32)18(25)13-29)21(31)27-19(11-16-7-9-17(30)10-8-16)23(33)28-20(24(34)35)12-15-5-3-2-4-6-15/h2-10,14,18-20,29-30H,11-13,25H2,1H3,(H,26,32)(H,27,31)(H,28,33)(H,34,35). The number of carbonyl (C=O) groups excluding carboxylic acids is 3. The molecule has 11 nitrogen and oxygen atoms in total. The monoisotopic (exact) mass is 486 g/mol. The number of aliphatic carboxylic acids is 1. The number of nitrogens with one attached hydrogen (secondary N) is 3. The van der Waals surface area contributed by atoms with Crippen LogP contribution in [0.15, 0.2) is 54.6 Å². The van der Waals surface area contributed by atoms with Crippen molar-refractivity contribution in [2.75, 3.05) is 6.61 Å². The lowest BCUT2D eigenvalue weighted by Gasteiger charge is -2.24. The number of amides is 3. The van der Waals surface area contributed by atoms with Gasteiger partial charge in [0.2, 0.25) is 17.7 Å². The Kier molecular flexibility index (Phi) is 10.2. The van der Waals surface area contributed by atoms with Crippen LogP contribution in [0.2, 0.25) is 0 Å². The zero-order valence-corrected chi connectivity index (χ0v) is 19.2. The lowest BCUT2D eigenvalue weighted by molar-refractivity contribution is -0.142. The van der Waals surface area contributed by atoms with E-state index in [1.807, 2.05) is 0 Å². The fourth-order valence-corrected chi connectivity index (χ4v) is 3.16. The number of carbonyl (C=O) groups is 4. The number of rotatable bonds is 12. The van der Waals surface area contributed by atoms with Gasteiger partial charge in [-0.2, -0.15) is 0 Å². The molecule has 0 saturated heterocycles. The van der Waals surface area contributed by atoms with Gasteiger partial charge in [-0.05, 0) is 30.2 Å². The number of phenols is 1. The fraction of sp³-hybridized carbons (Fsp3) is 0.333. The van der Waals surface area contributed by atoms with E-state index in [2.05, 4.69) is 16.0 Å². The topological polar surface area (TPSA) is 191 Å². The van der Waals surface area contributed by atoms with E-state index in [0.717, 1.165) is 0 Å². The molecule has 0 heterocycles. The van der Waals surface area contributed by atoms with Gasteiger partial charge in [0.15, 0.2) is 0 Å². The highest BCUT2D eigenvalue weighted by Crippen LogP contribution is 2.12. The first-order valence-electron chi connectivity index (χ1n) is 10.9. The van der Waals surface area contributed by atoms with Crippen LogP contribution in [0.5, 0.6) is 5.75 Å². The van der Waals surface area contributed by atoms with Crippen molar-refractivity contribution >= 4 is 23.7 Å². The van der Waals surface area contributed by atoms with Gasteiger partial charge in [0, 0.05) is 12.8 Å². The molecular weight excluding hydrogens is 456 g/mol. The zero-order chi connectivity index (χ0) is 26.0. The molecule has 0 spiro atoms. The van der Waals surface area contributed by atoms with Gasteiger partial charge in [-0.15, -0.1) is 0 Å². The Bertz CT molecular complexity index is 1010. The zero-order valence-electron chi connectivity index (χ0n) is 19.2. The molecule has 2 aromatic rings. The number of aliphatic hydroxyl groups is 1. The molecule has 0 fully saturated rings. The third-order valence-electron chi connectivity index (χ3n) is 5.19. The summed E-state index contributed by atoms with van der Waals surface area (Å²) in [6.45, 7) is 0.770. The van der Waals surface area contributed by atoms with Gasteiger partial charge in [0.05, 0.1) is 6.61 Å². The summed E-state index contributed by atoms with van der Waals surface area (Å²) in [4.78, 5) is 49.4. The number of nitrogens with two attached hydrogens (primary N) is 1. The second kappa shape index (κ2) is 13.1. The molecule has 2 rings (SSSR count). The minimum absolute atomic E-state index is 0.00759. The summed E-state index contributed by atoms with van der Waals surface area (Å²) in [7, 11) is 0. The molecule has 35 heavy (non-hydrogen) atoms. The third kappa shape index (κ3) is 8.72. The number of carboxylic acids is 1. The Morgan fingerprint density at radius 3 is 1.91 bits per heavy atom. The first kappa shape index (κ1) is 27.3. The minimum Gasteiger partial charge on any atom is -0.508 e. The van der Waals surface area contributed by atoms with E-state index in [0.29, 0.717) is 11.1 Å². The number of aromatic hydroxyl groups is 1. The van der Waals surface area contributed by atoms with Gasteiger partial charge >= 0.3 is 5.97 Å². The van der Waals surface area contributed by atoms with Crippen LogP contribution in [0.3, 0.4) is 0 Å². The average molecular weight is 487 g/mol. The Balaban J connectivity index is 2.17. The lowest BCUT2D eigenvalue weighted by atomic mass is 10.0. The van der Waals surface area contributed by atoms with Gasteiger partial charge in [-0.3, -0.25) is 14.4 Å². The van der Waals surface area contributed by atoms with Crippen LogP contribution in [-0.2, 0) is 32.0 Å². The summed E-state index contributed by atoms with van der Waals surface area (Å²) >= 11 is 0. The van der Waals surface area contributed by atoms with Gasteiger partial charge in [0.1, 0.15) is 29.9 Å². The summed E-state index contributed by atoms with van der Waals surface area (Å²) < 4.78 is 0. The molecular formula is C24H30N4O7. The smallest absolute Gasteiger partial charge is 0.326 e. The maximum atomic E-state index is 13.1. The fourth-order valence-electron chi connectivity index (χ4n) is 3.16. The molecule has 188 valence electrons. The number of hydrogen-bond acceptors (Lipinski definition) is 7. The van der Waals surface area contributed by atoms with Crippen molar-refractivity contribution in [1.82, 2.24) is 16.0 Å². The second-order valence-electron chi connectivity index (χ2n) is 8.04. The third-order valence-corrected chi connectivity index (χ3v) is 5.19. The van der Waals surface area contributed by atoms with E-state index in [1.165, 1.54) is 19.1 Å². The molecule has 4 atom stereocenters. The van der Waals surface area contributed by atoms with Crippen LogP contribution < -0.4 is 21.7 Å². The van der Waals surface area contributed by atoms with Crippen molar-refractivity contribution in [2.45, 2.75) is 43.9 Å². The van der Waals surface area contributed by atoms with E-state index in [-0.39, 0.29) is 18.6 Å². The maximum absolute atomic E-state index is 13.1. The molecule has 0 aliphatic heterocycles. The molecule has 0 aliphatic carbocycles. The molecule has 0 saturated carbocycles. The van der Waals surface area contributed by atoms with Crippen molar-refractivity contribution in [3.63, 3.8) is 0 Å². The maximum Gasteiger partial charge on any atom is 0.326 e. The molecule has 0 aromatic heterocycles. The van der Waals surface area contributed by atoms with Crippen molar-refractivity contribution in [3.05, 3.63) is 65.7 Å². The highest BCUT2D eigenvalue weighted by molar-refractivity contribution is 5.94. The van der Waals surface area contributed by atoms with Crippen LogP contribution in [0.4, 0.5) is 0 Å². The lowest BCUT2D eigenvalue weighted by Crippen LogP contribution is -2.57. The van der Waals surface area contributed by atoms with Crippen LogP contribution in [0.1, 0.15) is 18.1 Å². The predicted octanol–water partition coefficient (Wildman–Crippen LogP) is -0.944. The molecule has 8 N–H and O–H groups in total. The normalized spacial score (nSPS) is 14.1. The second-order valence-corrected chi connectivity index (χ2v) is 8.04. The highest BCUT2D eigenvalue weighted by Gasteiger charge is 2.29. The van der Waals surface area contributed by atoms with Crippen LogP contribution in [-0.4, -0.2) is 69.8 Å². The van der Waals surface area contributed by atoms with Crippen molar-refractivity contribution in [3.8, 4) is 5.75 Å². The SMILES string of the molecule is CC(NC(=O)C(N)CO)C(=O)NC(Cc1ccc(O)cc1)C(=O)NC(Cc1ccccc1)C(=O)O. The minimum atomic E-state index is -1.25. The van der Waals surface area contributed by atoms with E-state index >= 15 is 0 Å². The summed E-state index contributed by atoms with van der Waals surface area (Å²) in [5, 5.41) is 35.4. The number of carboxylic acid groups (broad SMARTS) is 1. The van der Waals surface area contributed by atoms with Crippen LogP contribution >= 0.6 is 0 Å². The molecule has 0 aliphatic rings. The number of hydrogen-bond donors (Lipinski definition) is 7. The Hall–Kier alpha value is -3.96. The number of benzene rings is 2. The predicted molar refractivity (Wildman–Crippen MR) is 126 cm³/mol. The summed E-state index contributed by atoms with van der Waals surface area (Å²) in [5.41, 5.74) is 6.74. The van der Waals surface area contributed by atoms with Gasteiger partial charge in [-0.1, -0.05) is 42.5 Å². The quantitative estimate of drug-likeness (QED) is 0.200. The van der Waals surface area contributed by atoms with E-state index in [4.69, 9.17) is 10.8 Å². The first-order chi connectivity index (χ1) is 16.6. The van der Waals surface area contributed by atoms with E-state index < -0.39 is 54.5 Å². The van der Waals surface area contributed by atoms with E-state index in [9.17, 15) is 29.4 Å². The molecule has 3 amide bonds. The van der Waals surface area contributed by atoms with Gasteiger partial charge < -0.3 is 37.0 Å². The largest absolute Gasteiger partial charge is 0.508 e. The highest BCUT2D eigenvalue weighted by atomic mass is 16.4. The van der Waals surface area contributed by atoms with Crippen LogP contribution in [0, 0.1) is 0 Å². The Labute approximate surface area is 202 Å². The molecule has 11 heteroatoms. The number of aliphatic hydroxyl groups excluding tert-OH is 1. The number of phenolic OH excluding ortho intramolecular Hbond substituents is 1. The van der Waals surface area contributed by atoms with Gasteiger partial charge in [0.25, 0.3) is 0 Å². The Morgan fingerprint density at radius 2 is 1.34 bits per heavy atom. The molecule has 0 radical (unpaired) electrons. The summed E-state index contributed by atoms with van der Waals surface area (Å²) in [6, 6.07) is 9.99. The molecule has 0 bridgehead atoms. The van der Waals surface area contributed by atoms with Gasteiger partial charge in [-0.25, -0.2) is 4.79 Å². The molecule has 4 unspecified atom stereocenters. The van der Waals surface area contributed by atoms with Crippen molar-refractivity contribution in [2.24, 2.45) is 5.73 Å². The Morgan fingerprint density at radius 1 is 0.800 bits per heavy atom. The average Bonchev–Trinajstić information content (AvgIpc) is 2.84. The summed E-state index contributed by atoms with van der Waals surface area (Å²) in [5.74, 6) is -3.42. The molecule has 2 aromatic carbocycles. The summed E-state index contributed by atoms with van der Waals surface area (Å²) in [6.07, 6.45) is 0.0274. The first-order valence-corrected chi connectivity index (χ1v) is 10.9. The van der Waals surface area contributed by atoms with Crippen LogP contribution in [0.25, 0.3) is 0 Å².